The van der Waals surface area contributed by atoms with Gasteiger partial charge in [0.2, 0.25) is 5.91 Å². The Morgan fingerprint density at radius 2 is 1.57 bits per heavy atom. The maximum Gasteiger partial charge on any atom is 0.303 e. The van der Waals surface area contributed by atoms with E-state index in [9.17, 15) is 23.5 Å². The third kappa shape index (κ3) is 6.49. The van der Waals surface area contributed by atoms with Crippen LogP contribution in [0.1, 0.15) is 60.9 Å². The first-order valence-electron chi connectivity index (χ1n) is 12.3. The number of hydrogen-bond acceptors (Lipinski definition) is 3. The van der Waals surface area contributed by atoms with Gasteiger partial charge in [0, 0.05) is 12.1 Å². The van der Waals surface area contributed by atoms with E-state index in [2.05, 4.69) is 0 Å². The van der Waals surface area contributed by atoms with Gasteiger partial charge >= 0.3 is 5.97 Å². The van der Waals surface area contributed by atoms with E-state index in [1.165, 1.54) is 24.3 Å². The molecule has 7 heteroatoms. The van der Waals surface area contributed by atoms with E-state index in [0.717, 1.165) is 11.1 Å². The number of nitrogens with zero attached hydrogens (tertiary/aromatic N) is 1. The number of carbonyl (C=O) groups excluding carboxylic acids is 1. The predicted octanol–water partition coefficient (Wildman–Crippen LogP) is 6.45. The number of halogens is 2. The van der Waals surface area contributed by atoms with Crippen molar-refractivity contribution in [3.05, 3.63) is 107 Å². The van der Waals surface area contributed by atoms with Crippen molar-refractivity contribution in [3.8, 4) is 0 Å². The molecule has 3 unspecified atom stereocenters. The van der Waals surface area contributed by atoms with E-state index >= 15 is 0 Å². The Bertz CT molecular complexity index is 1240. The van der Waals surface area contributed by atoms with Crippen LogP contribution in [0.5, 0.6) is 0 Å². The molecule has 3 aromatic rings. The minimum absolute atomic E-state index is 0.0923. The van der Waals surface area contributed by atoms with Crippen molar-refractivity contribution >= 4 is 23.6 Å². The summed E-state index contributed by atoms with van der Waals surface area (Å²) in [6, 6.07) is 19.0. The molecule has 192 valence electrons. The summed E-state index contributed by atoms with van der Waals surface area (Å²) in [6.45, 7) is 0. The normalized spacial score (nSPS) is 18.1. The molecule has 4 rings (SSSR count). The number of unbranched alkanes of at least 4 members (excludes halogenated alkanes) is 1. The van der Waals surface area contributed by atoms with E-state index in [-0.39, 0.29) is 35.9 Å². The third-order valence-electron chi connectivity index (χ3n) is 6.67. The molecule has 2 N–H and O–H groups in total. The van der Waals surface area contributed by atoms with E-state index < -0.39 is 12.1 Å². The molecule has 0 aliphatic carbocycles. The summed E-state index contributed by atoms with van der Waals surface area (Å²) in [5.41, 5.74) is 3.09. The Labute approximate surface area is 214 Å². The first-order chi connectivity index (χ1) is 17.8. The fourth-order valence-electron chi connectivity index (χ4n) is 4.68. The summed E-state index contributed by atoms with van der Waals surface area (Å²) in [4.78, 5) is 25.5. The van der Waals surface area contributed by atoms with Gasteiger partial charge in [0.05, 0.1) is 18.1 Å². The van der Waals surface area contributed by atoms with Crippen molar-refractivity contribution in [2.24, 2.45) is 5.92 Å². The van der Waals surface area contributed by atoms with Crippen molar-refractivity contribution in [2.45, 2.75) is 44.2 Å². The highest BCUT2D eigenvalue weighted by Gasteiger charge is 2.48. The second-order valence-electron chi connectivity index (χ2n) is 9.24. The molecule has 0 spiro atoms. The minimum atomic E-state index is -0.817. The number of carboxylic acids is 1. The van der Waals surface area contributed by atoms with Gasteiger partial charge in [-0.25, -0.2) is 8.78 Å². The van der Waals surface area contributed by atoms with Gasteiger partial charge in [0.25, 0.3) is 0 Å². The molecule has 0 aromatic heterocycles. The molecule has 1 saturated heterocycles. The van der Waals surface area contributed by atoms with Gasteiger partial charge in [-0.3, -0.25) is 9.59 Å². The average Bonchev–Trinajstić information content (AvgIpc) is 2.89. The van der Waals surface area contributed by atoms with Crippen LogP contribution in [0.3, 0.4) is 0 Å². The maximum absolute atomic E-state index is 13.5. The van der Waals surface area contributed by atoms with Crippen LogP contribution in [0.15, 0.2) is 78.9 Å². The number of β-lactam (4-membered cyclic amide) rings is 1. The largest absolute Gasteiger partial charge is 0.481 e. The Kier molecular flexibility index (Phi) is 8.46. The van der Waals surface area contributed by atoms with Crippen molar-refractivity contribution in [3.63, 3.8) is 0 Å². The number of amides is 1. The van der Waals surface area contributed by atoms with E-state index in [0.29, 0.717) is 36.9 Å². The first-order valence-corrected chi connectivity index (χ1v) is 12.3. The molecule has 0 bridgehead atoms. The standard InChI is InChI=1S/C30H29F2NO4/c31-23-12-10-21(11-13-23)27(34)19-18-26-29(33(30(26)37)25-16-14-24(32)15-17-25)22-8-6-20(7-9-22)4-2-1-3-5-28(35)36/h2,4,6-17,26-27,29,34H,1,3,5,18-19H2,(H,35,36). The van der Waals surface area contributed by atoms with E-state index in [1.54, 1.807) is 29.2 Å². The summed E-state index contributed by atoms with van der Waals surface area (Å²) in [5.74, 6) is -2.02. The summed E-state index contributed by atoms with van der Waals surface area (Å²) in [6.07, 6.45) is 5.21. The van der Waals surface area contributed by atoms with Gasteiger partial charge in [0.1, 0.15) is 11.6 Å². The second-order valence-corrected chi connectivity index (χ2v) is 9.24. The fraction of sp³-hybridized carbons (Fsp3) is 0.267. The predicted molar refractivity (Wildman–Crippen MR) is 138 cm³/mol. The van der Waals surface area contributed by atoms with Crippen LogP contribution in [-0.4, -0.2) is 22.1 Å². The number of carbonyl (C=O) groups is 2. The number of anilines is 1. The number of rotatable bonds is 11. The van der Waals surface area contributed by atoms with Crippen LogP contribution in [-0.2, 0) is 9.59 Å². The van der Waals surface area contributed by atoms with Gasteiger partial charge in [-0.15, -0.1) is 0 Å². The summed E-state index contributed by atoms with van der Waals surface area (Å²) >= 11 is 0. The van der Waals surface area contributed by atoms with Crippen molar-refractivity contribution < 1.29 is 28.6 Å². The molecule has 1 aliphatic rings. The van der Waals surface area contributed by atoms with E-state index in [1.807, 2.05) is 36.4 Å². The molecular formula is C30H29F2NO4. The highest BCUT2D eigenvalue weighted by atomic mass is 19.1. The van der Waals surface area contributed by atoms with Crippen molar-refractivity contribution in [1.82, 2.24) is 0 Å². The quantitative estimate of drug-likeness (QED) is 0.232. The van der Waals surface area contributed by atoms with Gasteiger partial charge in [-0.1, -0.05) is 48.6 Å². The molecular weight excluding hydrogens is 476 g/mol. The molecule has 1 aliphatic heterocycles. The number of aliphatic hydroxyl groups excluding tert-OH is 1. The second kappa shape index (κ2) is 11.9. The first kappa shape index (κ1) is 26.2. The number of aliphatic carboxylic acids is 1. The third-order valence-corrected chi connectivity index (χ3v) is 6.67. The zero-order valence-electron chi connectivity index (χ0n) is 20.3. The highest BCUT2D eigenvalue weighted by Crippen LogP contribution is 2.46. The zero-order chi connectivity index (χ0) is 26.4. The Morgan fingerprint density at radius 3 is 2.19 bits per heavy atom. The molecule has 1 fully saturated rings. The fourth-order valence-corrected chi connectivity index (χ4v) is 4.68. The number of aliphatic hydroxyl groups is 1. The topological polar surface area (TPSA) is 77.8 Å². The van der Waals surface area contributed by atoms with Gasteiger partial charge in [-0.05, 0) is 78.8 Å². The molecule has 37 heavy (non-hydrogen) atoms. The van der Waals surface area contributed by atoms with Crippen LogP contribution < -0.4 is 4.90 Å². The molecule has 0 saturated carbocycles. The summed E-state index contributed by atoms with van der Waals surface area (Å²) in [7, 11) is 0. The average molecular weight is 506 g/mol. The Morgan fingerprint density at radius 1 is 0.946 bits per heavy atom. The summed E-state index contributed by atoms with van der Waals surface area (Å²) < 4.78 is 26.7. The van der Waals surface area contributed by atoms with E-state index in [4.69, 9.17) is 5.11 Å². The number of benzene rings is 3. The minimum Gasteiger partial charge on any atom is -0.481 e. The summed E-state index contributed by atoms with van der Waals surface area (Å²) in [5, 5.41) is 19.3. The van der Waals surface area contributed by atoms with Crippen molar-refractivity contribution in [1.29, 1.82) is 0 Å². The maximum atomic E-state index is 13.5. The lowest BCUT2D eigenvalue weighted by Gasteiger charge is -2.48. The number of carboxylic acid groups (broad SMARTS) is 1. The number of allylic oxidation sites excluding steroid dienone is 1. The van der Waals surface area contributed by atoms with Gasteiger partial charge in [-0.2, -0.15) is 0 Å². The monoisotopic (exact) mass is 505 g/mol. The van der Waals surface area contributed by atoms with Gasteiger partial charge < -0.3 is 15.1 Å². The van der Waals surface area contributed by atoms with Crippen LogP contribution in [0.25, 0.3) is 6.08 Å². The molecule has 0 radical (unpaired) electrons. The SMILES string of the molecule is O=C(O)CCCC=Cc1ccc(C2C(CCC(O)c3ccc(F)cc3)C(=O)N2c2ccc(F)cc2)cc1. The molecule has 3 atom stereocenters. The lowest BCUT2D eigenvalue weighted by molar-refractivity contribution is -0.137. The van der Waals surface area contributed by atoms with Crippen LogP contribution in [0.2, 0.25) is 0 Å². The molecule has 1 heterocycles. The zero-order valence-corrected chi connectivity index (χ0v) is 20.3. The van der Waals surface area contributed by atoms with Gasteiger partial charge in [0.15, 0.2) is 0 Å². The van der Waals surface area contributed by atoms with Crippen molar-refractivity contribution in [2.75, 3.05) is 4.90 Å². The Hall–Kier alpha value is -3.84. The molecule has 3 aromatic carbocycles. The lowest BCUT2D eigenvalue weighted by Crippen LogP contribution is -2.55. The number of hydrogen-bond donors (Lipinski definition) is 2. The molecule has 1 amide bonds. The molecule has 5 nitrogen and oxygen atoms in total. The van der Waals surface area contributed by atoms with Crippen LogP contribution in [0.4, 0.5) is 14.5 Å². The lowest BCUT2D eigenvalue weighted by atomic mass is 9.78. The van der Waals surface area contributed by atoms with Crippen LogP contribution in [0, 0.1) is 17.6 Å². The smallest absolute Gasteiger partial charge is 0.303 e. The highest BCUT2D eigenvalue weighted by molar-refractivity contribution is 6.03. The Balaban J connectivity index is 1.49. The van der Waals surface area contributed by atoms with Crippen LogP contribution >= 0.6 is 0 Å².